The van der Waals surface area contributed by atoms with Crippen LogP contribution in [-0.2, 0) is 6.54 Å². The minimum absolute atomic E-state index is 0.643. The van der Waals surface area contributed by atoms with Crippen molar-refractivity contribution >= 4 is 0 Å². The third-order valence-corrected chi connectivity index (χ3v) is 3.14. The van der Waals surface area contributed by atoms with Crippen LogP contribution < -0.4 is 5.32 Å². The molecule has 1 unspecified atom stereocenters. The number of likely N-dealkylation sites (N-methyl/N-ethyl adjacent to an activating group) is 1. The molecular weight excluding hydrogens is 200 g/mol. The van der Waals surface area contributed by atoms with Gasteiger partial charge in [-0.3, -0.25) is 4.90 Å². The van der Waals surface area contributed by atoms with Crippen LogP contribution in [0.3, 0.4) is 0 Å². The number of rotatable bonds is 3. The predicted molar refractivity (Wildman–Crippen MR) is 64.1 cm³/mol. The first-order valence-corrected chi connectivity index (χ1v) is 5.95. The highest BCUT2D eigenvalue weighted by atomic mass is 15.2. The second-order valence-electron chi connectivity index (χ2n) is 4.51. The molecule has 1 N–H and O–H groups in total. The average molecular weight is 220 g/mol. The summed E-state index contributed by atoms with van der Waals surface area (Å²) in [5, 5.41) is 3.44. The molecule has 4 nitrogen and oxygen atoms in total. The summed E-state index contributed by atoms with van der Waals surface area (Å²) in [5.74, 6) is 0.854. The smallest absolute Gasteiger partial charge is 0.125 e. The largest absolute Gasteiger partial charge is 0.315 e. The highest BCUT2D eigenvalue weighted by Crippen LogP contribution is 2.11. The van der Waals surface area contributed by atoms with E-state index < -0.39 is 0 Å². The monoisotopic (exact) mass is 220 g/mol. The average Bonchev–Trinajstić information content (AvgIpc) is 2.30. The Kier molecular flexibility index (Phi) is 3.85. The fourth-order valence-corrected chi connectivity index (χ4v) is 2.19. The molecule has 88 valence electrons. The standard InChI is InChI=1S/C12H20N4/c1-10-14-7-5-11(15-10)9-16(2)12-4-3-6-13-8-12/h5,7,12-13H,3-4,6,8-9H2,1-2H3. The summed E-state index contributed by atoms with van der Waals surface area (Å²) in [6.07, 6.45) is 4.40. The van der Waals surface area contributed by atoms with Crippen LogP contribution in [0.1, 0.15) is 24.4 Å². The van der Waals surface area contributed by atoms with Crippen LogP contribution in [0.25, 0.3) is 0 Å². The normalized spacial score (nSPS) is 21.3. The molecular formula is C12H20N4. The number of nitrogens with zero attached hydrogens (tertiary/aromatic N) is 3. The van der Waals surface area contributed by atoms with Crippen molar-refractivity contribution in [1.82, 2.24) is 20.2 Å². The van der Waals surface area contributed by atoms with E-state index in [9.17, 15) is 0 Å². The Bertz CT molecular complexity index is 334. The van der Waals surface area contributed by atoms with Crippen LogP contribution in [0.15, 0.2) is 12.3 Å². The van der Waals surface area contributed by atoms with E-state index in [1.54, 1.807) is 0 Å². The van der Waals surface area contributed by atoms with E-state index in [1.165, 1.54) is 12.8 Å². The highest BCUT2D eigenvalue weighted by Gasteiger charge is 2.17. The summed E-state index contributed by atoms with van der Waals surface area (Å²) in [6, 6.07) is 2.64. The van der Waals surface area contributed by atoms with Crippen molar-refractivity contribution in [2.45, 2.75) is 32.4 Å². The van der Waals surface area contributed by atoms with Gasteiger partial charge >= 0.3 is 0 Å². The van der Waals surface area contributed by atoms with Gasteiger partial charge in [0.15, 0.2) is 0 Å². The Morgan fingerprint density at radius 1 is 1.56 bits per heavy atom. The maximum Gasteiger partial charge on any atom is 0.125 e. The van der Waals surface area contributed by atoms with Gasteiger partial charge in [0, 0.05) is 25.3 Å². The van der Waals surface area contributed by atoms with Crippen molar-refractivity contribution in [1.29, 1.82) is 0 Å². The van der Waals surface area contributed by atoms with E-state index in [2.05, 4.69) is 27.2 Å². The maximum atomic E-state index is 4.43. The lowest BCUT2D eigenvalue weighted by Gasteiger charge is -2.31. The molecule has 2 heterocycles. The van der Waals surface area contributed by atoms with Crippen molar-refractivity contribution in [3.8, 4) is 0 Å². The number of aromatic nitrogens is 2. The van der Waals surface area contributed by atoms with Gasteiger partial charge in [0.25, 0.3) is 0 Å². The van der Waals surface area contributed by atoms with Gasteiger partial charge in [-0.15, -0.1) is 0 Å². The van der Waals surface area contributed by atoms with Gasteiger partial charge in [-0.25, -0.2) is 9.97 Å². The molecule has 16 heavy (non-hydrogen) atoms. The molecule has 1 atom stereocenters. The Labute approximate surface area is 97.1 Å². The van der Waals surface area contributed by atoms with Gasteiger partial charge in [0.05, 0.1) is 5.69 Å². The molecule has 0 aromatic carbocycles. The number of aryl methyl sites for hydroxylation is 1. The summed E-state index contributed by atoms with van der Waals surface area (Å²) in [5.41, 5.74) is 1.11. The molecule has 0 amide bonds. The van der Waals surface area contributed by atoms with Crippen molar-refractivity contribution in [3.63, 3.8) is 0 Å². The summed E-state index contributed by atoms with van der Waals surface area (Å²) in [6.45, 7) is 5.11. The second kappa shape index (κ2) is 5.37. The molecule has 0 radical (unpaired) electrons. The number of piperidine rings is 1. The minimum atomic E-state index is 0.643. The molecule has 1 fully saturated rings. The van der Waals surface area contributed by atoms with E-state index in [0.29, 0.717) is 6.04 Å². The topological polar surface area (TPSA) is 41.1 Å². The Hall–Kier alpha value is -1.00. The molecule has 2 rings (SSSR count). The maximum absolute atomic E-state index is 4.43. The van der Waals surface area contributed by atoms with Crippen LogP contribution in [0, 0.1) is 6.92 Å². The lowest BCUT2D eigenvalue weighted by Crippen LogP contribution is -2.43. The molecule has 1 aliphatic heterocycles. The van der Waals surface area contributed by atoms with Gasteiger partial charge in [-0.2, -0.15) is 0 Å². The molecule has 1 aromatic rings. The molecule has 0 saturated carbocycles. The third kappa shape index (κ3) is 3.00. The van der Waals surface area contributed by atoms with Crippen molar-refractivity contribution < 1.29 is 0 Å². The SMILES string of the molecule is Cc1nccc(CN(C)C2CCCNC2)n1. The van der Waals surface area contributed by atoms with Crippen molar-refractivity contribution in [2.75, 3.05) is 20.1 Å². The van der Waals surface area contributed by atoms with Gasteiger partial charge < -0.3 is 5.32 Å². The summed E-state index contributed by atoms with van der Waals surface area (Å²) in [7, 11) is 2.18. The van der Waals surface area contributed by atoms with Crippen LogP contribution >= 0.6 is 0 Å². The Morgan fingerprint density at radius 3 is 3.12 bits per heavy atom. The van der Waals surface area contributed by atoms with Gasteiger partial charge in [0.2, 0.25) is 0 Å². The number of hydrogen-bond acceptors (Lipinski definition) is 4. The van der Waals surface area contributed by atoms with Crippen LogP contribution in [0.2, 0.25) is 0 Å². The zero-order chi connectivity index (χ0) is 11.4. The van der Waals surface area contributed by atoms with E-state index >= 15 is 0 Å². The molecule has 4 heteroatoms. The Balaban J connectivity index is 1.93. The lowest BCUT2D eigenvalue weighted by atomic mass is 10.1. The van der Waals surface area contributed by atoms with Crippen LogP contribution in [-0.4, -0.2) is 41.0 Å². The first kappa shape index (κ1) is 11.5. The quantitative estimate of drug-likeness (QED) is 0.824. The first-order valence-electron chi connectivity index (χ1n) is 5.95. The van der Waals surface area contributed by atoms with Gasteiger partial charge in [-0.1, -0.05) is 0 Å². The zero-order valence-corrected chi connectivity index (χ0v) is 10.1. The van der Waals surface area contributed by atoms with E-state index in [0.717, 1.165) is 31.2 Å². The molecule has 1 aliphatic rings. The van der Waals surface area contributed by atoms with Crippen molar-refractivity contribution in [3.05, 3.63) is 23.8 Å². The van der Waals surface area contributed by atoms with E-state index in [4.69, 9.17) is 0 Å². The first-order chi connectivity index (χ1) is 7.75. The van der Waals surface area contributed by atoms with Gasteiger partial charge in [0.1, 0.15) is 5.82 Å². The van der Waals surface area contributed by atoms with E-state index in [-0.39, 0.29) is 0 Å². The fraction of sp³-hybridized carbons (Fsp3) is 0.667. The summed E-state index contributed by atoms with van der Waals surface area (Å²) >= 11 is 0. The van der Waals surface area contributed by atoms with Crippen LogP contribution in [0.4, 0.5) is 0 Å². The zero-order valence-electron chi connectivity index (χ0n) is 10.1. The highest BCUT2D eigenvalue weighted by molar-refractivity contribution is 5.01. The van der Waals surface area contributed by atoms with E-state index in [1.807, 2.05) is 19.2 Å². The lowest BCUT2D eigenvalue weighted by molar-refractivity contribution is 0.194. The number of nitrogens with one attached hydrogen (secondary N) is 1. The summed E-state index contributed by atoms with van der Waals surface area (Å²) < 4.78 is 0. The molecule has 1 aromatic heterocycles. The van der Waals surface area contributed by atoms with Crippen molar-refractivity contribution in [2.24, 2.45) is 0 Å². The summed E-state index contributed by atoms with van der Waals surface area (Å²) in [4.78, 5) is 10.9. The van der Waals surface area contributed by atoms with Gasteiger partial charge in [-0.05, 0) is 39.4 Å². The third-order valence-electron chi connectivity index (χ3n) is 3.14. The number of hydrogen-bond donors (Lipinski definition) is 1. The minimum Gasteiger partial charge on any atom is -0.315 e. The predicted octanol–water partition coefficient (Wildman–Crippen LogP) is 0.969. The molecule has 0 bridgehead atoms. The second-order valence-corrected chi connectivity index (χ2v) is 4.51. The Morgan fingerprint density at radius 2 is 2.44 bits per heavy atom. The molecule has 1 saturated heterocycles. The molecule has 0 aliphatic carbocycles. The molecule has 0 spiro atoms. The van der Waals surface area contributed by atoms with Crippen LogP contribution in [0.5, 0.6) is 0 Å². The fourth-order valence-electron chi connectivity index (χ4n) is 2.19.